The molecule has 3 fully saturated rings. The van der Waals surface area contributed by atoms with Crippen LogP contribution in [0.4, 0.5) is 5.82 Å². The largest absolute Gasteiger partial charge is 0.364 e. The molecule has 3 saturated heterocycles. The Balaban J connectivity index is 0.986. The number of rotatable bonds is 6. The van der Waals surface area contributed by atoms with Gasteiger partial charge < -0.3 is 20.4 Å². The summed E-state index contributed by atoms with van der Waals surface area (Å²) in [6, 6.07) is 9.04. The van der Waals surface area contributed by atoms with Gasteiger partial charge in [0, 0.05) is 38.2 Å². The Labute approximate surface area is 233 Å². The van der Waals surface area contributed by atoms with Gasteiger partial charge in [0.25, 0.3) is 11.8 Å². The van der Waals surface area contributed by atoms with E-state index in [1.165, 1.54) is 5.56 Å². The number of primary amides is 1. The van der Waals surface area contributed by atoms with Crippen molar-refractivity contribution in [1.29, 1.82) is 0 Å². The third-order valence-corrected chi connectivity index (χ3v) is 8.96. The number of nitrogens with zero attached hydrogens (tertiary/aromatic N) is 5. The average molecular weight is 546 g/mol. The molecule has 1 aromatic heterocycles. The highest BCUT2D eigenvalue weighted by Crippen LogP contribution is 2.34. The zero-order valence-electron chi connectivity index (χ0n) is 22.6. The van der Waals surface area contributed by atoms with Crippen LogP contribution in [0, 0.1) is 5.92 Å². The summed E-state index contributed by atoms with van der Waals surface area (Å²) in [5, 5.41) is 10.5. The maximum atomic E-state index is 13.0. The SMILES string of the molecule is NC(=O)c1ccc(N2CCC(CN3CCC(c4ccc5c(c4)CN(C4CCC(=O)NC4=O)C5=O)CC3)CC2)nn1. The van der Waals surface area contributed by atoms with Crippen LogP contribution in [-0.4, -0.2) is 82.4 Å². The van der Waals surface area contributed by atoms with Crippen molar-refractivity contribution in [2.45, 2.75) is 57.0 Å². The fourth-order valence-electron chi connectivity index (χ4n) is 6.63. The van der Waals surface area contributed by atoms with Crippen LogP contribution in [0.25, 0.3) is 0 Å². The Hall–Kier alpha value is -3.86. The molecule has 11 heteroatoms. The van der Waals surface area contributed by atoms with Crippen LogP contribution in [0.2, 0.25) is 0 Å². The zero-order valence-corrected chi connectivity index (χ0v) is 22.6. The van der Waals surface area contributed by atoms with E-state index in [1.807, 2.05) is 12.1 Å². The maximum Gasteiger partial charge on any atom is 0.269 e. The number of imide groups is 1. The second-order valence-corrected chi connectivity index (χ2v) is 11.5. The predicted octanol–water partition coefficient (Wildman–Crippen LogP) is 1.43. The summed E-state index contributed by atoms with van der Waals surface area (Å²) in [6.45, 7) is 5.50. The maximum absolute atomic E-state index is 13.0. The van der Waals surface area contributed by atoms with Gasteiger partial charge in [-0.05, 0) is 86.4 Å². The van der Waals surface area contributed by atoms with Gasteiger partial charge in [-0.3, -0.25) is 24.5 Å². The lowest BCUT2D eigenvalue weighted by atomic mass is 9.87. The molecule has 0 aliphatic carbocycles. The zero-order chi connectivity index (χ0) is 27.8. The first-order chi connectivity index (χ1) is 19.4. The Bertz CT molecular complexity index is 1310. The number of aromatic nitrogens is 2. The van der Waals surface area contributed by atoms with E-state index in [4.69, 9.17) is 5.73 Å². The fourth-order valence-corrected chi connectivity index (χ4v) is 6.63. The highest BCUT2D eigenvalue weighted by Gasteiger charge is 2.39. The topological polar surface area (TPSA) is 142 Å². The fraction of sp³-hybridized carbons (Fsp3) is 0.517. The normalized spacial score (nSPS) is 22.9. The molecule has 2 aromatic rings. The van der Waals surface area contributed by atoms with Crippen molar-refractivity contribution in [2.24, 2.45) is 11.7 Å². The molecule has 5 heterocycles. The van der Waals surface area contributed by atoms with Crippen molar-refractivity contribution in [3.63, 3.8) is 0 Å². The number of hydrogen-bond donors (Lipinski definition) is 2. The average Bonchev–Trinajstić information content (AvgIpc) is 3.29. The molecule has 40 heavy (non-hydrogen) atoms. The first-order valence-electron chi connectivity index (χ1n) is 14.2. The number of nitrogens with one attached hydrogen (secondary N) is 1. The number of benzene rings is 1. The van der Waals surface area contributed by atoms with E-state index in [2.05, 4.69) is 37.4 Å². The lowest BCUT2D eigenvalue weighted by Crippen LogP contribution is -2.52. The minimum absolute atomic E-state index is 0.119. The molecule has 0 saturated carbocycles. The number of carbonyl (C=O) groups excluding carboxylic acids is 4. The van der Waals surface area contributed by atoms with Crippen LogP contribution in [0.5, 0.6) is 0 Å². The van der Waals surface area contributed by atoms with E-state index in [1.54, 1.807) is 11.0 Å². The number of fused-ring (bicyclic) bond motifs is 1. The standard InChI is InChI=1S/C29H35N7O4/c30-27(38)23-3-5-25(33-32-23)35-13-7-18(8-14-35)16-34-11-9-19(10-12-34)20-1-2-22-21(15-20)17-36(29(22)40)24-4-6-26(37)31-28(24)39/h1-3,5,15,18-19,24H,4,6-14,16-17H2,(H2,30,38)(H,31,37,39). The third kappa shape index (κ3) is 5.30. The molecule has 4 aliphatic heterocycles. The third-order valence-electron chi connectivity index (χ3n) is 8.96. The van der Waals surface area contributed by atoms with Crippen molar-refractivity contribution in [1.82, 2.24) is 25.3 Å². The van der Waals surface area contributed by atoms with E-state index in [9.17, 15) is 19.2 Å². The Morgan fingerprint density at radius 3 is 2.40 bits per heavy atom. The quantitative estimate of drug-likeness (QED) is 0.520. The number of hydrogen-bond acceptors (Lipinski definition) is 8. The van der Waals surface area contributed by atoms with Crippen molar-refractivity contribution >= 4 is 29.4 Å². The van der Waals surface area contributed by atoms with Gasteiger partial charge in [-0.2, -0.15) is 0 Å². The smallest absolute Gasteiger partial charge is 0.269 e. The molecular weight excluding hydrogens is 510 g/mol. The van der Waals surface area contributed by atoms with Gasteiger partial charge in [0.15, 0.2) is 11.5 Å². The minimum Gasteiger partial charge on any atom is -0.364 e. The van der Waals surface area contributed by atoms with E-state index < -0.39 is 11.9 Å². The molecule has 1 unspecified atom stereocenters. The number of anilines is 1. The van der Waals surface area contributed by atoms with Gasteiger partial charge >= 0.3 is 0 Å². The molecule has 1 aromatic carbocycles. The summed E-state index contributed by atoms with van der Waals surface area (Å²) in [5.74, 6) is 0.576. The van der Waals surface area contributed by atoms with Crippen LogP contribution >= 0.6 is 0 Å². The lowest BCUT2D eigenvalue weighted by Gasteiger charge is -2.38. The van der Waals surface area contributed by atoms with Gasteiger partial charge in [0.05, 0.1) is 0 Å². The molecule has 11 nitrogen and oxygen atoms in total. The van der Waals surface area contributed by atoms with Crippen LogP contribution in [0.15, 0.2) is 30.3 Å². The lowest BCUT2D eigenvalue weighted by molar-refractivity contribution is -0.136. The van der Waals surface area contributed by atoms with Gasteiger partial charge in [-0.25, -0.2) is 0 Å². The van der Waals surface area contributed by atoms with E-state index in [0.717, 1.165) is 69.8 Å². The molecule has 1 atom stereocenters. The number of carbonyl (C=O) groups is 4. The molecule has 4 aliphatic rings. The van der Waals surface area contributed by atoms with E-state index in [-0.39, 0.29) is 29.8 Å². The van der Waals surface area contributed by atoms with Crippen LogP contribution < -0.4 is 16.0 Å². The first-order valence-corrected chi connectivity index (χ1v) is 14.2. The Morgan fingerprint density at radius 2 is 1.73 bits per heavy atom. The number of nitrogens with two attached hydrogens (primary N) is 1. The Morgan fingerprint density at radius 1 is 0.950 bits per heavy atom. The molecule has 3 N–H and O–H groups in total. The van der Waals surface area contributed by atoms with Crippen LogP contribution in [-0.2, 0) is 16.1 Å². The summed E-state index contributed by atoms with van der Waals surface area (Å²) < 4.78 is 0. The van der Waals surface area contributed by atoms with Gasteiger partial charge in [-0.1, -0.05) is 12.1 Å². The van der Waals surface area contributed by atoms with Crippen molar-refractivity contribution in [2.75, 3.05) is 37.6 Å². The van der Waals surface area contributed by atoms with Crippen molar-refractivity contribution in [3.05, 3.63) is 52.7 Å². The molecule has 6 rings (SSSR count). The minimum atomic E-state index is -0.577. The molecule has 0 bridgehead atoms. The van der Waals surface area contributed by atoms with E-state index >= 15 is 0 Å². The molecular formula is C29H35N7O4. The second-order valence-electron chi connectivity index (χ2n) is 11.5. The predicted molar refractivity (Wildman–Crippen MR) is 146 cm³/mol. The van der Waals surface area contributed by atoms with Gasteiger partial charge in [0.2, 0.25) is 11.8 Å². The summed E-state index contributed by atoms with van der Waals surface area (Å²) in [5.41, 5.74) is 8.37. The monoisotopic (exact) mass is 545 g/mol. The van der Waals surface area contributed by atoms with Gasteiger partial charge in [-0.15, -0.1) is 10.2 Å². The number of likely N-dealkylation sites (tertiary alicyclic amines) is 1. The molecule has 0 spiro atoms. The molecule has 0 radical (unpaired) electrons. The van der Waals surface area contributed by atoms with Crippen molar-refractivity contribution in [3.8, 4) is 0 Å². The number of piperidine rings is 3. The van der Waals surface area contributed by atoms with E-state index in [0.29, 0.717) is 30.4 Å². The first kappa shape index (κ1) is 26.4. The highest BCUT2D eigenvalue weighted by atomic mass is 16.2. The Kier molecular flexibility index (Phi) is 7.22. The summed E-state index contributed by atoms with van der Waals surface area (Å²) in [4.78, 5) is 54.5. The number of amides is 4. The van der Waals surface area contributed by atoms with Crippen molar-refractivity contribution < 1.29 is 19.2 Å². The summed E-state index contributed by atoms with van der Waals surface area (Å²) >= 11 is 0. The van der Waals surface area contributed by atoms with Gasteiger partial charge in [0.1, 0.15) is 6.04 Å². The summed E-state index contributed by atoms with van der Waals surface area (Å²) in [7, 11) is 0. The molecule has 4 amide bonds. The second kappa shape index (κ2) is 11.0. The van der Waals surface area contributed by atoms with Crippen LogP contribution in [0.1, 0.15) is 76.4 Å². The summed E-state index contributed by atoms with van der Waals surface area (Å²) in [6.07, 6.45) is 5.02. The van der Waals surface area contributed by atoms with Crippen LogP contribution in [0.3, 0.4) is 0 Å². The highest BCUT2D eigenvalue weighted by molar-refractivity contribution is 6.05. The molecule has 210 valence electrons.